The highest BCUT2D eigenvalue weighted by Gasteiger charge is 2.34. The predicted octanol–water partition coefficient (Wildman–Crippen LogP) is 2.28. The molecule has 0 saturated carbocycles. The molecule has 1 aromatic heterocycles. The minimum Gasteiger partial charge on any atom is -0.319 e. The highest BCUT2D eigenvalue weighted by Crippen LogP contribution is 2.37. The first kappa shape index (κ1) is 14.6. The van der Waals surface area contributed by atoms with E-state index >= 15 is 0 Å². The number of nitrogens with one attached hydrogen (secondary N) is 1. The molecule has 4 nitrogen and oxygen atoms in total. The number of hydrogen-bond acceptors (Lipinski definition) is 4. The molecule has 0 aromatic carbocycles. The van der Waals surface area contributed by atoms with Gasteiger partial charge in [-0.2, -0.15) is 4.31 Å². The summed E-state index contributed by atoms with van der Waals surface area (Å²) in [5.74, 6) is 0.359. The van der Waals surface area contributed by atoms with Crippen LogP contribution in [0.1, 0.15) is 6.42 Å². The van der Waals surface area contributed by atoms with E-state index in [-0.39, 0.29) is 9.23 Å². The number of thiophene rings is 1. The summed E-state index contributed by atoms with van der Waals surface area (Å²) in [6.07, 6.45) is 0.871. The maximum atomic E-state index is 12.4. The first-order chi connectivity index (χ1) is 8.45. The number of rotatable bonds is 4. The van der Waals surface area contributed by atoms with Crippen molar-refractivity contribution in [2.24, 2.45) is 5.92 Å². The van der Waals surface area contributed by atoms with E-state index in [0.29, 0.717) is 23.3 Å². The van der Waals surface area contributed by atoms with Crippen molar-refractivity contribution in [3.8, 4) is 0 Å². The number of sulfonamides is 1. The van der Waals surface area contributed by atoms with Gasteiger partial charge in [0.1, 0.15) is 9.23 Å². The van der Waals surface area contributed by atoms with Crippen LogP contribution in [-0.2, 0) is 10.0 Å². The van der Waals surface area contributed by atoms with Crippen LogP contribution in [0.3, 0.4) is 0 Å². The van der Waals surface area contributed by atoms with Gasteiger partial charge in [-0.3, -0.25) is 0 Å². The monoisotopic (exact) mass is 328 g/mol. The van der Waals surface area contributed by atoms with Gasteiger partial charge in [0.2, 0.25) is 10.0 Å². The van der Waals surface area contributed by atoms with E-state index in [4.69, 9.17) is 23.2 Å². The first-order valence-corrected chi connectivity index (χ1v) is 8.56. The van der Waals surface area contributed by atoms with Gasteiger partial charge in [0.15, 0.2) is 0 Å². The molecule has 1 aliphatic heterocycles. The summed E-state index contributed by atoms with van der Waals surface area (Å²) in [6, 6.07) is 1.43. The Hall–Kier alpha value is 0.150. The molecule has 0 amide bonds. The van der Waals surface area contributed by atoms with Crippen molar-refractivity contribution in [3.63, 3.8) is 0 Å². The lowest BCUT2D eigenvalue weighted by Crippen LogP contribution is -2.30. The summed E-state index contributed by atoms with van der Waals surface area (Å²) in [5, 5.41) is 3.07. The Kier molecular flexibility index (Phi) is 4.57. The maximum absolute atomic E-state index is 12.4. The third-order valence-corrected chi connectivity index (χ3v) is 6.60. The smallest absolute Gasteiger partial charge is 0.245 e. The van der Waals surface area contributed by atoms with Crippen molar-refractivity contribution >= 4 is 44.6 Å². The highest BCUT2D eigenvalue weighted by atomic mass is 35.5. The lowest BCUT2D eigenvalue weighted by molar-refractivity contribution is 0.451. The molecule has 1 fully saturated rings. The van der Waals surface area contributed by atoms with Crippen molar-refractivity contribution < 1.29 is 8.42 Å². The van der Waals surface area contributed by atoms with Crippen molar-refractivity contribution in [1.82, 2.24) is 9.62 Å². The normalized spacial score (nSPS) is 21.6. The van der Waals surface area contributed by atoms with Gasteiger partial charge >= 0.3 is 0 Å². The van der Waals surface area contributed by atoms with Gasteiger partial charge in [-0.25, -0.2) is 8.42 Å². The fourth-order valence-electron chi connectivity index (χ4n) is 2.11. The largest absolute Gasteiger partial charge is 0.319 e. The zero-order valence-corrected chi connectivity index (χ0v) is 13.0. The predicted molar refractivity (Wildman–Crippen MR) is 75.1 cm³/mol. The topological polar surface area (TPSA) is 49.4 Å². The fourth-order valence-corrected chi connectivity index (χ4v) is 5.75. The van der Waals surface area contributed by atoms with Crippen LogP contribution >= 0.6 is 34.5 Å². The van der Waals surface area contributed by atoms with Gasteiger partial charge in [-0.1, -0.05) is 23.2 Å². The average molecular weight is 329 g/mol. The van der Waals surface area contributed by atoms with Crippen molar-refractivity contribution in [2.75, 3.05) is 26.7 Å². The molecule has 2 heterocycles. The SMILES string of the molecule is CNCC1CCN(S(=O)(=O)c2cc(Cl)sc2Cl)C1. The summed E-state index contributed by atoms with van der Waals surface area (Å²) < 4.78 is 26.9. The van der Waals surface area contributed by atoms with E-state index in [0.717, 1.165) is 24.3 Å². The summed E-state index contributed by atoms with van der Waals surface area (Å²) in [6.45, 7) is 1.90. The molecule has 2 rings (SSSR count). The van der Waals surface area contributed by atoms with Crippen LogP contribution in [0, 0.1) is 5.92 Å². The second-order valence-electron chi connectivity index (χ2n) is 4.26. The van der Waals surface area contributed by atoms with Crippen LogP contribution in [0.2, 0.25) is 8.67 Å². The van der Waals surface area contributed by atoms with Crippen LogP contribution in [0.4, 0.5) is 0 Å². The lowest BCUT2D eigenvalue weighted by Gasteiger charge is -2.15. The van der Waals surface area contributed by atoms with E-state index in [1.165, 1.54) is 10.4 Å². The molecular weight excluding hydrogens is 315 g/mol. The van der Waals surface area contributed by atoms with Crippen molar-refractivity contribution in [1.29, 1.82) is 0 Å². The second kappa shape index (κ2) is 5.64. The summed E-state index contributed by atoms with van der Waals surface area (Å²) in [7, 11) is -1.63. The Morgan fingerprint density at radius 2 is 2.28 bits per heavy atom. The van der Waals surface area contributed by atoms with Crippen LogP contribution in [0.5, 0.6) is 0 Å². The summed E-state index contributed by atoms with van der Waals surface area (Å²) in [5.41, 5.74) is 0. The van der Waals surface area contributed by atoms with E-state index in [9.17, 15) is 8.42 Å². The van der Waals surface area contributed by atoms with E-state index in [1.807, 2.05) is 7.05 Å². The van der Waals surface area contributed by atoms with Crippen LogP contribution < -0.4 is 5.32 Å². The number of hydrogen-bond donors (Lipinski definition) is 1. The molecule has 1 aliphatic rings. The Morgan fingerprint density at radius 1 is 1.56 bits per heavy atom. The highest BCUT2D eigenvalue weighted by molar-refractivity contribution is 7.89. The second-order valence-corrected chi connectivity index (χ2v) is 8.46. The lowest BCUT2D eigenvalue weighted by atomic mass is 10.1. The quantitative estimate of drug-likeness (QED) is 0.922. The minimum atomic E-state index is -3.50. The zero-order chi connectivity index (χ0) is 13.3. The van der Waals surface area contributed by atoms with Crippen molar-refractivity contribution in [3.05, 3.63) is 14.7 Å². The molecule has 0 radical (unpaired) electrons. The summed E-state index contributed by atoms with van der Waals surface area (Å²) in [4.78, 5) is 0.129. The van der Waals surface area contributed by atoms with Crippen LogP contribution in [0.15, 0.2) is 11.0 Å². The van der Waals surface area contributed by atoms with Crippen molar-refractivity contribution in [2.45, 2.75) is 11.3 Å². The van der Waals surface area contributed by atoms with E-state index < -0.39 is 10.0 Å². The number of nitrogens with zero attached hydrogens (tertiary/aromatic N) is 1. The molecule has 1 atom stereocenters. The molecule has 0 bridgehead atoms. The third-order valence-electron chi connectivity index (χ3n) is 2.98. The Bertz CT molecular complexity index is 530. The molecule has 1 saturated heterocycles. The maximum Gasteiger partial charge on any atom is 0.245 e. The van der Waals surface area contributed by atoms with E-state index in [1.54, 1.807) is 0 Å². The Balaban J connectivity index is 2.20. The molecule has 1 unspecified atom stereocenters. The van der Waals surface area contributed by atoms with E-state index in [2.05, 4.69) is 5.32 Å². The first-order valence-electron chi connectivity index (χ1n) is 5.54. The minimum absolute atomic E-state index is 0.129. The summed E-state index contributed by atoms with van der Waals surface area (Å²) >= 11 is 12.8. The zero-order valence-electron chi connectivity index (χ0n) is 9.82. The standard InChI is InChI=1S/C10H14Cl2N2O2S2/c1-13-5-7-2-3-14(6-7)18(15,16)8-4-9(11)17-10(8)12/h4,7,13H,2-3,5-6H2,1H3. The molecule has 18 heavy (non-hydrogen) atoms. The molecular formula is C10H14Cl2N2O2S2. The van der Waals surface area contributed by atoms with Gasteiger partial charge in [0, 0.05) is 13.1 Å². The molecule has 1 N–H and O–H groups in total. The average Bonchev–Trinajstić information content (AvgIpc) is 2.86. The van der Waals surface area contributed by atoms with Gasteiger partial charge in [0.05, 0.1) is 4.34 Å². The Labute approximate surface area is 121 Å². The third kappa shape index (κ3) is 2.84. The van der Waals surface area contributed by atoms with Gasteiger partial charge in [-0.15, -0.1) is 11.3 Å². The number of halogens is 2. The Morgan fingerprint density at radius 3 is 2.83 bits per heavy atom. The molecule has 0 spiro atoms. The van der Waals surface area contributed by atoms with Gasteiger partial charge in [0.25, 0.3) is 0 Å². The van der Waals surface area contributed by atoms with Crippen LogP contribution in [-0.4, -0.2) is 39.4 Å². The van der Waals surface area contributed by atoms with Crippen LogP contribution in [0.25, 0.3) is 0 Å². The molecule has 1 aromatic rings. The molecule has 0 aliphatic carbocycles. The van der Waals surface area contributed by atoms with Gasteiger partial charge < -0.3 is 5.32 Å². The molecule has 102 valence electrons. The molecule has 8 heteroatoms. The van der Waals surface area contributed by atoms with Gasteiger partial charge in [-0.05, 0) is 32.0 Å². The fraction of sp³-hybridized carbons (Fsp3) is 0.600.